The highest BCUT2D eigenvalue weighted by molar-refractivity contribution is 5.99. The van der Waals surface area contributed by atoms with Gasteiger partial charge >= 0.3 is 18.1 Å². The van der Waals surface area contributed by atoms with Crippen LogP contribution in [0.15, 0.2) is 35.3 Å². The topological polar surface area (TPSA) is 76.2 Å². The van der Waals surface area contributed by atoms with E-state index in [4.69, 9.17) is 0 Å². The molecule has 0 spiro atoms. The van der Waals surface area contributed by atoms with E-state index in [0.29, 0.717) is 5.52 Å². The van der Waals surface area contributed by atoms with Gasteiger partial charge in [0.2, 0.25) is 5.43 Å². The van der Waals surface area contributed by atoms with Crippen LogP contribution in [0.2, 0.25) is 0 Å². The second kappa shape index (κ2) is 4.80. The first-order valence-electron chi connectivity index (χ1n) is 5.24. The van der Waals surface area contributed by atoms with Gasteiger partial charge in [-0.25, -0.2) is 9.59 Å². The van der Waals surface area contributed by atoms with Crippen LogP contribution in [0, 0.1) is 0 Å². The van der Waals surface area contributed by atoms with Crippen LogP contribution in [0.3, 0.4) is 0 Å². The number of halogens is 3. The minimum atomic E-state index is -5.31. The number of benzene rings is 1. The van der Waals surface area contributed by atoms with Gasteiger partial charge in [0.15, 0.2) is 0 Å². The number of hydrogen-bond acceptors (Lipinski definition) is 4. The van der Waals surface area contributed by atoms with Gasteiger partial charge < -0.3 is 9.72 Å². The number of alkyl halides is 3. The Morgan fingerprint density at radius 3 is 2.45 bits per heavy atom. The fourth-order valence-corrected chi connectivity index (χ4v) is 1.52. The maximum absolute atomic E-state index is 12.0. The van der Waals surface area contributed by atoms with E-state index in [1.54, 1.807) is 12.1 Å². The molecule has 1 aromatic carbocycles. The summed E-state index contributed by atoms with van der Waals surface area (Å²) in [5, 5.41) is 0.0985. The standard InChI is InChI=1S/C12H6F3NO4/c13-12(14,15)11(19)20-10(18)7-5-16-8-4-2-1-3-6(8)9(7)17/h1-5H,(H,16,17). The molecular formula is C12H6F3NO4. The zero-order valence-corrected chi connectivity index (χ0v) is 9.65. The number of aromatic amines is 1. The van der Waals surface area contributed by atoms with Gasteiger partial charge in [-0.1, -0.05) is 12.1 Å². The molecule has 2 aromatic rings. The van der Waals surface area contributed by atoms with E-state index in [1.807, 2.05) is 0 Å². The quantitative estimate of drug-likeness (QED) is 0.640. The summed E-state index contributed by atoms with van der Waals surface area (Å²) in [4.78, 5) is 36.4. The van der Waals surface area contributed by atoms with Crippen LogP contribution >= 0.6 is 0 Å². The fraction of sp³-hybridized carbons (Fsp3) is 0.0833. The van der Waals surface area contributed by atoms with Crippen molar-refractivity contribution in [2.75, 3.05) is 0 Å². The van der Waals surface area contributed by atoms with Crippen molar-refractivity contribution in [3.63, 3.8) is 0 Å². The number of esters is 2. The molecular weight excluding hydrogens is 279 g/mol. The summed E-state index contributed by atoms with van der Waals surface area (Å²) in [5.41, 5.74) is -1.10. The van der Waals surface area contributed by atoms with Gasteiger partial charge in [-0.15, -0.1) is 0 Å². The average molecular weight is 285 g/mol. The molecule has 0 atom stereocenters. The molecule has 0 saturated heterocycles. The van der Waals surface area contributed by atoms with E-state index in [2.05, 4.69) is 9.72 Å². The number of fused-ring (bicyclic) bond motifs is 1. The van der Waals surface area contributed by atoms with Gasteiger partial charge in [-0.05, 0) is 12.1 Å². The van der Waals surface area contributed by atoms with Crippen LogP contribution in [0.25, 0.3) is 10.9 Å². The van der Waals surface area contributed by atoms with E-state index >= 15 is 0 Å². The predicted molar refractivity (Wildman–Crippen MR) is 61.0 cm³/mol. The second-order valence-corrected chi connectivity index (χ2v) is 3.75. The van der Waals surface area contributed by atoms with Crippen LogP contribution in [0.1, 0.15) is 10.4 Å². The molecule has 5 nitrogen and oxygen atoms in total. The molecule has 0 aliphatic heterocycles. The lowest BCUT2D eigenvalue weighted by molar-refractivity contribution is -0.193. The Morgan fingerprint density at radius 1 is 1.15 bits per heavy atom. The van der Waals surface area contributed by atoms with Crippen LogP contribution in [0.4, 0.5) is 13.2 Å². The first-order chi connectivity index (χ1) is 9.30. The van der Waals surface area contributed by atoms with Gasteiger partial charge in [0, 0.05) is 17.1 Å². The summed E-state index contributed by atoms with van der Waals surface area (Å²) in [6.07, 6.45) is -4.41. The van der Waals surface area contributed by atoms with Crippen molar-refractivity contribution in [2.24, 2.45) is 0 Å². The van der Waals surface area contributed by atoms with Gasteiger partial charge in [0.25, 0.3) is 0 Å². The van der Waals surface area contributed by atoms with Crippen molar-refractivity contribution in [1.29, 1.82) is 0 Å². The smallest absolute Gasteiger partial charge is 0.382 e. The molecule has 0 amide bonds. The zero-order valence-electron chi connectivity index (χ0n) is 9.65. The molecule has 104 valence electrons. The van der Waals surface area contributed by atoms with Crippen molar-refractivity contribution in [3.8, 4) is 0 Å². The first kappa shape index (κ1) is 13.8. The molecule has 0 unspecified atom stereocenters. The number of ether oxygens (including phenoxy) is 1. The summed E-state index contributed by atoms with van der Waals surface area (Å²) in [5.74, 6) is -4.32. The number of hydrogen-bond donors (Lipinski definition) is 1. The molecule has 0 radical (unpaired) electrons. The second-order valence-electron chi connectivity index (χ2n) is 3.75. The highest BCUT2D eigenvalue weighted by atomic mass is 19.4. The number of pyridine rings is 1. The largest absolute Gasteiger partial charge is 0.491 e. The van der Waals surface area contributed by atoms with Crippen molar-refractivity contribution in [2.45, 2.75) is 6.18 Å². The maximum atomic E-state index is 12.0. The van der Waals surface area contributed by atoms with Gasteiger partial charge in [-0.2, -0.15) is 13.2 Å². The molecule has 0 fully saturated rings. The van der Waals surface area contributed by atoms with Crippen LogP contribution in [-0.4, -0.2) is 23.1 Å². The highest BCUT2D eigenvalue weighted by Crippen LogP contribution is 2.17. The number of rotatable bonds is 1. The SMILES string of the molecule is O=C(OC(=O)C(F)(F)F)c1c[nH]c2ccccc2c1=O. The Balaban J connectivity index is 2.39. The number of carbonyl (C=O) groups is 2. The fourth-order valence-electron chi connectivity index (χ4n) is 1.52. The van der Waals surface area contributed by atoms with Crippen LogP contribution in [-0.2, 0) is 9.53 Å². The zero-order chi connectivity index (χ0) is 14.9. The lowest BCUT2D eigenvalue weighted by Gasteiger charge is -2.05. The molecule has 0 aliphatic rings. The van der Waals surface area contributed by atoms with Crippen molar-refractivity contribution in [1.82, 2.24) is 4.98 Å². The van der Waals surface area contributed by atoms with Crippen molar-refractivity contribution >= 4 is 22.8 Å². The number of nitrogens with one attached hydrogen (secondary N) is 1. The Kier molecular flexibility index (Phi) is 3.31. The molecule has 1 heterocycles. The summed E-state index contributed by atoms with van der Waals surface area (Å²) in [7, 11) is 0. The molecule has 0 aliphatic carbocycles. The Labute approximate surface area is 109 Å². The molecule has 20 heavy (non-hydrogen) atoms. The van der Waals surface area contributed by atoms with Crippen LogP contribution < -0.4 is 5.43 Å². The third-order valence-electron chi connectivity index (χ3n) is 2.43. The highest BCUT2D eigenvalue weighted by Gasteiger charge is 2.42. The summed E-state index contributed by atoms with van der Waals surface area (Å²) >= 11 is 0. The summed E-state index contributed by atoms with van der Waals surface area (Å²) in [6.45, 7) is 0. The molecule has 0 bridgehead atoms. The normalized spacial score (nSPS) is 11.3. The monoisotopic (exact) mass is 285 g/mol. The lowest BCUT2D eigenvalue weighted by atomic mass is 10.1. The molecule has 1 aromatic heterocycles. The van der Waals surface area contributed by atoms with Gasteiger partial charge in [0.1, 0.15) is 5.56 Å². The molecule has 8 heteroatoms. The third-order valence-corrected chi connectivity index (χ3v) is 2.43. The number of para-hydroxylation sites is 1. The number of aromatic nitrogens is 1. The van der Waals surface area contributed by atoms with E-state index in [0.717, 1.165) is 6.20 Å². The van der Waals surface area contributed by atoms with E-state index in [-0.39, 0.29) is 5.39 Å². The Morgan fingerprint density at radius 2 is 1.80 bits per heavy atom. The van der Waals surface area contributed by atoms with E-state index in [9.17, 15) is 27.6 Å². The average Bonchev–Trinajstić information content (AvgIpc) is 2.38. The maximum Gasteiger partial charge on any atom is 0.491 e. The number of H-pyrrole nitrogens is 1. The van der Waals surface area contributed by atoms with Gasteiger partial charge in [0.05, 0.1) is 0 Å². The van der Waals surface area contributed by atoms with Crippen molar-refractivity contribution in [3.05, 3.63) is 46.2 Å². The third kappa shape index (κ3) is 2.53. The summed E-state index contributed by atoms with van der Waals surface area (Å²) in [6, 6.07) is 6.08. The lowest BCUT2D eigenvalue weighted by Crippen LogP contribution is -2.30. The van der Waals surface area contributed by atoms with E-state index < -0.39 is 29.1 Å². The van der Waals surface area contributed by atoms with Gasteiger partial charge in [-0.3, -0.25) is 4.79 Å². The first-order valence-corrected chi connectivity index (χ1v) is 5.24. The summed E-state index contributed by atoms with van der Waals surface area (Å²) < 4.78 is 39.5. The van der Waals surface area contributed by atoms with Crippen LogP contribution in [0.5, 0.6) is 0 Å². The Bertz CT molecular complexity index is 748. The predicted octanol–water partition coefficient (Wildman–Crippen LogP) is 1.77. The molecule has 1 N–H and O–H groups in total. The number of carbonyl (C=O) groups excluding carboxylic acids is 2. The minimum Gasteiger partial charge on any atom is -0.382 e. The minimum absolute atomic E-state index is 0.0985. The molecule has 0 saturated carbocycles. The van der Waals surface area contributed by atoms with Crippen molar-refractivity contribution < 1.29 is 27.5 Å². The Hall–Kier alpha value is -2.64. The molecule has 2 rings (SSSR count). The van der Waals surface area contributed by atoms with E-state index in [1.165, 1.54) is 12.1 Å².